The molecule has 2 aliphatic rings. The summed E-state index contributed by atoms with van der Waals surface area (Å²) in [6.07, 6.45) is -1.32. The lowest BCUT2D eigenvalue weighted by molar-refractivity contribution is -0.141. The molecule has 2 N–H and O–H groups in total. The van der Waals surface area contributed by atoms with Crippen LogP contribution in [0.15, 0.2) is 18.2 Å². The maximum absolute atomic E-state index is 12.7. The van der Waals surface area contributed by atoms with Crippen LogP contribution in [0.2, 0.25) is 0 Å². The summed E-state index contributed by atoms with van der Waals surface area (Å²) in [6, 6.07) is 4.35. The van der Waals surface area contributed by atoms with Gasteiger partial charge in [0.1, 0.15) is 11.5 Å². The van der Waals surface area contributed by atoms with E-state index in [1.54, 1.807) is 6.07 Å². The molecule has 1 aliphatic heterocycles. The van der Waals surface area contributed by atoms with Crippen LogP contribution < -0.4 is 10.6 Å². The van der Waals surface area contributed by atoms with Gasteiger partial charge in [0.2, 0.25) is 0 Å². The summed E-state index contributed by atoms with van der Waals surface area (Å²) in [5.74, 6) is 1.48. The highest BCUT2D eigenvalue weighted by Gasteiger charge is 2.38. The number of nitrogens with zero attached hydrogens (tertiary/aromatic N) is 2. The lowest BCUT2D eigenvalue weighted by atomic mass is 9.79. The number of alkyl halides is 3. The zero-order valence-electron chi connectivity index (χ0n) is 11.1. The van der Waals surface area contributed by atoms with Crippen molar-refractivity contribution in [2.24, 2.45) is 17.6 Å². The van der Waals surface area contributed by atoms with Gasteiger partial charge in [0.25, 0.3) is 0 Å². The number of rotatable bonds is 1. The van der Waals surface area contributed by atoms with Gasteiger partial charge in [-0.15, -0.1) is 0 Å². The molecule has 0 bridgehead atoms. The first kappa shape index (κ1) is 13.7. The second-order valence-corrected chi connectivity index (χ2v) is 5.88. The van der Waals surface area contributed by atoms with Gasteiger partial charge >= 0.3 is 6.18 Å². The Bertz CT molecular complexity index is 489. The van der Waals surface area contributed by atoms with Gasteiger partial charge in [-0.25, -0.2) is 4.98 Å². The van der Waals surface area contributed by atoms with Crippen LogP contribution >= 0.6 is 0 Å². The largest absolute Gasteiger partial charge is 0.433 e. The van der Waals surface area contributed by atoms with Crippen molar-refractivity contribution in [1.82, 2.24) is 4.98 Å². The summed E-state index contributed by atoms with van der Waals surface area (Å²) in [7, 11) is 0. The average molecular weight is 285 g/mol. The van der Waals surface area contributed by atoms with Gasteiger partial charge in [-0.1, -0.05) is 6.07 Å². The molecule has 2 fully saturated rings. The number of fused-ring (bicyclic) bond motifs is 1. The Morgan fingerprint density at radius 1 is 1.15 bits per heavy atom. The molecule has 0 radical (unpaired) electrons. The van der Waals surface area contributed by atoms with Gasteiger partial charge in [-0.3, -0.25) is 0 Å². The molecular weight excluding hydrogens is 267 g/mol. The maximum atomic E-state index is 12.7. The van der Waals surface area contributed by atoms with Crippen LogP contribution in [0, 0.1) is 11.8 Å². The molecule has 1 aromatic heterocycles. The predicted octanol–water partition coefficient (Wildman–Crippen LogP) is 2.66. The molecule has 20 heavy (non-hydrogen) atoms. The van der Waals surface area contributed by atoms with E-state index >= 15 is 0 Å². The van der Waals surface area contributed by atoms with Crippen molar-refractivity contribution in [3.8, 4) is 0 Å². The van der Waals surface area contributed by atoms with E-state index < -0.39 is 11.9 Å². The third-order valence-electron chi connectivity index (χ3n) is 4.44. The lowest BCUT2D eigenvalue weighted by Crippen LogP contribution is -2.32. The summed E-state index contributed by atoms with van der Waals surface area (Å²) >= 11 is 0. The van der Waals surface area contributed by atoms with Crippen molar-refractivity contribution in [2.75, 3.05) is 18.0 Å². The van der Waals surface area contributed by atoms with E-state index in [0.717, 1.165) is 38.4 Å². The molecule has 3 nitrogen and oxygen atoms in total. The molecule has 2 heterocycles. The fraction of sp³-hybridized carbons (Fsp3) is 0.643. The van der Waals surface area contributed by atoms with Gasteiger partial charge in [-0.05, 0) is 43.2 Å². The first-order valence-corrected chi connectivity index (χ1v) is 6.98. The molecule has 0 aromatic carbocycles. The first-order chi connectivity index (χ1) is 9.43. The molecule has 110 valence electrons. The number of halogens is 3. The molecule has 1 saturated carbocycles. The van der Waals surface area contributed by atoms with E-state index in [1.165, 1.54) is 6.07 Å². The maximum Gasteiger partial charge on any atom is 0.433 e. The first-order valence-electron chi connectivity index (χ1n) is 6.98. The zero-order chi connectivity index (χ0) is 14.3. The Morgan fingerprint density at radius 3 is 2.65 bits per heavy atom. The van der Waals surface area contributed by atoms with Crippen molar-refractivity contribution in [3.63, 3.8) is 0 Å². The van der Waals surface area contributed by atoms with Crippen LogP contribution in [0.5, 0.6) is 0 Å². The number of hydrogen-bond acceptors (Lipinski definition) is 3. The topological polar surface area (TPSA) is 42.1 Å². The molecule has 3 rings (SSSR count). The van der Waals surface area contributed by atoms with E-state index in [1.807, 2.05) is 4.90 Å². The number of pyridine rings is 1. The molecule has 1 unspecified atom stereocenters. The predicted molar refractivity (Wildman–Crippen MR) is 70.3 cm³/mol. The Kier molecular flexibility index (Phi) is 3.36. The second-order valence-electron chi connectivity index (χ2n) is 5.88. The van der Waals surface area contributed by atoms with Gasteiger partial charge in [0, 0.05) is 19.1 Å². The zero-order valence-corrected chi connectivity index (χ0v) is 11.1. The van der Waals surface area contributed by atoms with E-state index in [2.05, 4.69) is 4.98 Å². The summed E-state index contributed by atoms with van der Waals surface area (Å²) in [5.41, 5.74) is 5.16. The Morgan fingerprint density at radius 2 is 1.90 bits per heavy atom. The summed E-state index contributed by atoms with van der Waals surface area (Å²) in [4.78, 5) is 5.75. The molecule has 6 heteroatoms. The van der Waals surface area contributed by atoms with E-state index in [0.29, 0.717) is 17.7 Å². The third kappa shape index (κ3) is 2.61. The highest BCUT2D eigenvalue weighted by atomic mass is 19.4. The van der Waals surface area contributed by atoms with Gasteiger partial charge in [-0.2, -0.15) is 13.2 Å². The third-order valence-corrected chi connectivity index (χ3v) is 4.44. The second kappa shape index (κ2) is 4.91. The van der Waals surface area contributed by atoms with Gasteiger partial charge in [0.15, 0.2) is 0 Å². The van der Waals surface area contributed by atoms with Crippen LogP contribution in [0.3, 0.4) is 0 Å². The number of anilines is 1. The van der Waals surface area contributed by atoms with Crippen LogP contribution in [0.25, 0.3) is 0 Å². The van der Waals surface area contributed by atoms with Gasteiger partial charge < -0.3 is 10.6 Å². The highest BCUT2D eigenvalue weighted by molar-refractivity contribution is 5.41. The quantitative estimate of drug-likeness (QED) is 0.862. The number of aromatic nitrogens is 1. The molecular formula is C14H18F3N3. The van der Waals surface area contributed by atoms with E-state index in [9.17, 15) is 13.2 Å². The lowest BCUT2D eigenvalue weighted by Gasteiger charge is -2.27. The fourth-order valence-electron chi connectivity index (χ4n) is 3.41. The summed E-state index contributed by atoms with van der Waals surface area (Å²) < 4.78 is 38.1. The molecule has 1 aromatic rings. The minimum absolute atomic E-state index is 0.241. The Balaban J connectivity index is 1.78. The Labute approximate surface area is 116 Å². The SMILES string of the molecule is NC1CC[C@@H]2CN(c3cccc(C(F)(F)F)n3)C[C@@H]2C1. The minimum atomic E-state index is -4.38. The fourth-order valence-corrected chi connectivity index (χ4v) is 3.41. The van der Waals surface area contributed by atoms with Crippen LogP contribution in [0.4, 0.5) is 19.0 Å². The van der Waals surface area contributed by atoms with Crippen molar-refractivity contribution >= 4 is 5.82 Å². The highest BCUT2D eigenvalue weighted by Crippen LogP contribution is 2.38. The van der Waals surface area contributed by atoms with E-state index in [-0.39, 0.29) is 6.04 Å². The number of nitrogens with two attached hydrogens (primary N) is 1. The van der Waals surface area contributed by atoms with Gasteiger partial charge in [0.05, 0.1) is 0 Å². The van der Waals surface area contributed by atoms with Crippen molar-refractivity contribution in [1.29, 1.82) is 0 Å². The van der Waals surface area contributed by atoms with E-state index in [4.69, 9.17) is 5.73 Å². The summed E-state index contributed by atoms with van der Waals surface area (Å²) in [6.45, 7) is 1.57. The molecule has 0 amide bonds. The average Bonchev–Trinajstić information content (AvgIpc) is 2.81. The molecule has 3 atom stereocenters. The molecule has 1 saturated heterocycles. The molecule has 1 aliphatic carbocycles. The van der Waals surface area contributed by atoms with Crippen LogP contribution in [0.1, 0.15) is 25.0 Å². The smallest absolute Gasteiger partial charge is 0.356 e. The monoisotopic (exact) mass is 285 g/mol. The Hall–Kier alpha value is -1.30. The summed E-state index contributed by atoms with van der Waals surface area (Å²) in [5, 5.41) is 0. The minimum Gasteiger partial charge on any atom is -0.356 e. The van der Waals surface area contributed by atoms with Crippen molar-refractivity contribution in [3.05, 3.63) is 23.9 Å². The standard InChI is InChI=1S/C14H18F3N3/c15-14(16,17)12-2-1-3-13(19-12)20-7-9-4-5-11(18)6-10(9)8-20/h1-3,9-11H,4-8,18H2/t9-,10+,11?/m1/s1. The van der Waals surface area contributed by atoms with Crippen molar-refractivity contribution < 1.29 is 13.2 Å². The molecule has 0 spiro atoms. The van der Waals surface area contributed by atoms with Crippen LogP contribution in [-0.2, 0) is 6.18 Å². The van der Waals surface area contributed by atoms with Crippen molar-refractivity contribution in [2.45, 2.75) is 31.5 Å². The van der Waals surface area contributed by atoms with Crippen LogP contribution in [-0.4, -0.2) is 24.1 Å². The number of hydrogen-bond donors (Lipinski definition) is 1. The normalized spacial score (nSPS) is 30.4.